The van der Waals surface area contributed by atoms with Gasteiger partial charge in [0.15, 0.2) is 0 Å². The number of nitrogen functional groups attached to an aromatic ring is 1. The molecule has 0 saturated heterocycles. The Bertz CT molecular complexity index is 412. The highest BCUT2D eigenvalue weighted by molar-refractivity contribution is 5.60. The first kappa shape index (κ1) is 14.1. The Balaban J connectivity index is 2.32. The largest absolute Gasteiger partial charge is 0.356 e. The maximum atomic E-state index is 5.58. The number of nitrogens with zero attached hydrogens (tertiary/aromatic N) is 3. The van der Waals surface area contributed by atoms with E-state index in [2.05, 4.69) is 41.2 Å². The van der Waals surface area contributed by atoms with Gasteiger partial charge in [0.05, 0.1) is 0 Å². The van der Waals surface area contributed by atoms with Gasteiger partial charge in [-0.1, -0.05) is 33.1 Å². The molecule has 19 heavy (non-hydrogen) atoms. The van der Waals surface area contributed by atoms with Gasteiger partial charge in [-0.15, -0.1) is 0 Å². The summed E-state index contributed by atoms with van der Waals surface area (Å²) in [5, 5.41) is 0. The second-order valence-electron chi connectivity index (χ2n) is 5.66. The summed E-state index contributed by atoms with van der Waals surface area (Å²) in [6.07, 6.45) is 8.10. The maximum absolute atomic E-state index is 5.58. The number of anilines is 2. The van der Waals surface area contributed by atoms with E-state index in [0.717, 1.165) is 17.2 Å². The molecule has 1 fully saturated rings. The average Bonchev–Trinajstić information content (AvgIpc) is 2.46. The second-order valence-corrected chi connectivity index (χ2v) is 5.66. The predicted octanol–water partition coefficient (Wildman–Crippen LogP) is 2.65. The van der Waals surface area contributed by atoms with Crippen LogP contribution in [0.2, 0.25) is 0 Å². The van der Waals surface area contributed by atoms with E-state index in [1.807, 2.05) is 0 Å². The minimum absolute atomic E-state index is 0.341. The monoisotopic (exact) mass is 263 g/mol. The molecule has 0 unspecified atom stereocenters. The molecule has 1 saturated carbocycles. The molecule has 0 aromatic carbocycles. The third kappa shape index (κ3) is 2.97. The maximum Gasteiger partial charge on any atom is 0.148 e. The minimum atomic E-state index is 0.341. The van der Waals surface area contributed by atoms with Gasteiger partial charge in [0.1, 0.15) is 18.0 Å². The van der Waals surface area contributed by atoms with Crippen LogP contribution in [-0.4, -0.2) is 23.1 Å². The van der Waals surface area contributed by atoms with Crippen LogP contribution in [0.4, 0.5) is 11.6 Å². The van der Waals surface area contributed by atoms with E-state index in [0.29, 0.717) is 12.0 Å². The van der Waals surface area contributed by atoms with Gasteiger partial charge >= 0.3 is 0 Å². The van der Waals surface area contributed by atoms with Gasteiger partial charge < -0.3 is 10.3 Å². The summed E-state index contributed by atoms with van der Waals surface area (Å²) in [4.78, 5) is 11.1. The fraction of sp³-hybridized carbons (Fsp3) is 0.714. The summed E-state index contributed by atoms with van der Waals surface area (Å²) in [6.45, 7) is 4.30. The number of aromatic nitrogens is 2. The molecule has 5 nitrogen and oxygen atoms in total. The Morgan fingerprint density at radius 2 is 1.95 bits per heavy atom. The molecule has 0 aliphatic heterocycles. The van der Waals surface area contributed by atoms with Crippen molar-refractivity contribution in [3.05, 3.63) is 11.9 Å². The van der Waals surface area contributed by atoms with Crippen molar-refractivity contribution in [2.24, 2.45) is 5.84 Å². The predicted molar refractivity (Wildman–Crippen MR) is 79.2 cm³/mol. The third-order valence-corrected chi connectivity index (χ3v) is 4.03. The molecule has 0 amide bonds. The molecule has 106 valence electrons. The van der Waals surface area contributed by atoms with Crippen molar-refractivity contribution in [3.8, 4) is 0 Å². The Hall–Kier alpha value is -1.36. The van der Waals surface area contributed by atoms with E-state index < -0.39 is 0 Å². The summed E-state index contributed by atoms with van der Waals surface area (Å²) in [7, 11) is 2.14. The Kier molecular flexibility index (Phi) is 4.58. The molecule has 1 heterocycles. The lowest BCUT2D eigenvalue weighted by atomic mass is 9.93. The van der Waals surface area contributed by atoms with E-state index in [1.54, 1.807) is 6.33 Å². The first-order valence-electron chi connectivity index (χ1n) is 7.19. The van der Waals surface area contributed by atoms with Crippen molar-refractivity contribution in [3.63, 3.8) is 0 Å². The number of nitrogens with two attached hydrogens (primary N) is 1. The Labute approximate surface area is 115 Å². The molecule has 0 atom stereocenters. The van der Waals surface area contributed by atoms with E-state index in [-0.39, 0.29) is 0 Å². The van der Waals surface area contributed by atoms with Gasteiger partial charge in [-0.05, 0) is 18.8 Å². The molecular formula is C14H25N5. The molecule has 1 aliphatic rings. The molecular weight excluding hydrogens is 238 g/mol. The molecule has 0 spiro atoms. The van der Waals surface area contributed by atoms with Crippen LogP contribution in [0.3, 0.4) is 0 Å². The topological polar surface area (TPSA) is 67.1 Å². The SMILES string of the molecule is CC(C)c1c(NN)ncnc1N(C)C1CCCCC1. The van der Waals surface area contributed by atoms with Gasteiger partial charge in [-0.3, -0.25) is 0 Å². The number of rotatable bonds is 4. The quantitative estimate of drug-likeness (QED) is 0.645. The number of hydrogen-bond acceptors (Lipinski definition) is 5. The van der Waals surface area contributed by atoms with Crippen LogP contribution >= 0.6 is 0 Å². The standard InChI is InChI=1S/C14H25N5/c1-10(2)12-13(18-15)16-9-17-14(12)19(3)11-7-5-4-6-8-11/h9-11H,4-8,15H2,1-3H3,(H,16,17,18). The van der Waals surface area contributed by atoms with Crippen molar-refractivity contribution in [1.29, 1.82) is 0 Å². The van der Waals surface area contributed by atoms with Gasteiger partial charge in [0.25, 0.3) is 0 Å². The van der Waals surface area contributed by atoms with Crippen LogP contribution in [0.15, 0.2) is 6.33 Å². The molecule has 1 aromatic heterocycles. The fourth-order valence-corrected chi connectivity index (χ4v) is 2.96. The van der Waals surface area contributed by atoms with Crippen LogP contribution in [0.25, 0.3) is 0 Å². The lowest BCUT2D eigenvalue weighted by Gasteiger charge is -2.34. The highest BCUT2D eigenvalue weighted by Crippen LogP contribution is 2.33. The van der Waals surface area contributed by atoms with Gasteiger partial charge in [-0.2, -0.15) is 0 Å². The zero-order valence-corrected chi connectivity index (χ0v) is 12.2. The minimum Gasteiger partial charge on any atom is -0.356 e. The lowest BCUT2D eigenvalue weighted by Crippen LogP contribution is -2.35. The number of hydrogen-bond donors (Lipinski definition) is 2. The summed E-state index contributed by atoms with van der Waals surface area (Å²) in [6, 6.07) is 0.590. The average molecular weight is 263 g/mol. The molecule has 0 bridgehead atoms. The van der Waals surface area contributed by atoms with Crippen molar-refractivity contribution in [2.75, 3.05) is 17.4 Å². The van der Waals surface area contributed by atoms with Crippen LogP contribution in [-0.2, 0) is 0 Å². The van der Waals surface area contributed by atoms with Gasteiger partial charge in [-0.25, -0.2) is 15.8 Å². The smallest absolute Gasteiger partial charge is 0.148 e. The van der Waals surface area contributed by atoms with E-state index in [9.17, 15) is 0 Å². The highest BCUT2D eigenvalue weighted by Gasteiger charge is 2.24. The van der Waals surface area contributed by atoms with Crippen LogP contribution < -0.4 is 16.2 Å². The third-order valence-electron chi connectivity index (χ3n) is 4.03. The Morgan fingerprint density at radius 3 is 2.53 bits per heavy atom. The molecule has 5 heteroatoms. The van der Waals surface area contributed by atoms with E-state index in [1.165, 1.54) is 32.1 Å². The van der Waals surface area contributed by atoms with Gasteiger partial charge in [0.2, 0.25) is 0 Å². The number of nitrogens with one attached hydrogen (secondary N) is 1. The molecule has 0 radical (unpaired) electrons. The van der Waals surface area contributed by atoms with E-state index >= 15 is 0 Å². The van der Waals surface area contributed by atoms with Crippen LogP contribution in [0.5, 0.6) is 0 Å². The molecule has 1 aromatic rings. The summed E-state index contributed by atoms with van der Waals surface area (Å²) < 4.78 is 0. The van der Waals surface area contributed by atoms with Crippen molar-refractivity contribution in [2.45, 2.75) is 57.9 Å². The lowest BCUT2D eigenvalue weighted by molar-refractivity contribution is 0.425. The van der Waals surface area contributed by atoms with E-state index in [4.69, 9.17) is 5.84 Å². The first-order chi connectivity index (χ1) is 9.15. The van der Waals surface area contributed by atoms with Gasteiger partial charge in [0, 0.05) is 18.7 Å². The zero-order valence-electron chi connectivity index (χ0n) is 12.2. The second kappa shape index (κ2) is 6.19. The fourth-order valence-electron chi connectivity index (χ4n) is 2.96. The highest BCUT2D eigenvalue weighted by atomic mass is 15.3. The van der Waals surface area contributed by atoms with Crippen molar-refractivity contribution >= 4 is 11.6 Å². The summed E-state index contributed by atoms with van der Waals surface area (Å²) in [5.74, 6) is 7.68. The molecule has 3 N–H and O–H groups in total. The molecule has 1 aliphatic carbocycles. The van der Waals surface area contributed by atoms with Crippen LogP contribution in [0.1, 0.15) is 57.4 Å². The summed E-state index contributed by atoms with van der Waals surface area (Å²) >= 11 is 0. The normalized spacial score (nSPS) is 16.7. The Morgan fingerprint density at radius 1 is 1.26 bits per heavy atom. The number of hydrazine groups is 1. The van der Waals surface area contributed by atoms with Crippen LogP contribution in [0, 0.1) is 0 Å². The first-order valence-corrected chi connectivity index (χ1v) is 7.19. The summed E-state index contributed by atoms with van der Waals surface area (Å²) in [5.41, 5.74) is 3.81. The zero-order chi connectivity index (χ0) is 13.8. The van der Waals surface area contributed by atoms with Crippen molar-refractivity contribution < 1.29 is 0 Å². The molecule has 2 rings (SSSR count). The van der Waals surface area contributed by atoms with Crippen molar-refractivity contribution in [1.82, 2.24) is 9.97 Å².